The van der Waals surface area contributed by atoms with Gasteiger partial charge in [-0.3, -0.25) is 19.8 Å². The Labute approximate surface area is 243 Å². The van der Waals surface area contributed by atoms with E-state index < -0.39 is 49.4 Å². The maximum Gasteiger partial charge on any atom is 0.491 e. The SMILES string of the molecule is N=C(N)c1ccc(Cc2ccc3c(c2)C(=O)N(CCC(=O)OC(=O)C(F)(F)F)CC(=O)N3Cc2ccc(Cl)cc2)cc1. The average molecular weight is 601 g/mol. The zero-order valence-corrected chi connectivity index (χ0v) is 22.7. The van der Waals surface area contributed by atoms with Crippen LogP contribution in [0.3, 0.4) is 0 Å². The van der Waals surface area contributed by atoms with Crippen LogP contribution in [0.1, 0.15) is 39.0 Å². The Hall–Kier alpha value is -4.71. The van der Waals surface area contributed by atoms with Crippen molar-refractivity contribution in [2.45, 2.75) is 25.6 Å². The van der Waals surface area contributed by atoms with Crippen molar-refractivity contribution >= 4 is 46.9 Å². The number of nitrogens with two attached hydrogens (primary N) is 1. The molecule has 1 aliphatic heterocycles. The van der Waals surface area contributed by atoms with Crippen molar-refractivity contribution in [3.05, 3.63) is 99.6 Å². The Morgan fingerprint density at radius 1 is 0.952 bits per heavy atom. The van der Waals surface area contributed by atoms with E-state index in [9.17, 15) is 32.3 Å². The van der Waals surface area contributed by atoms with Gasteiger partial charge in [-0.05, 0) is 47.4 Å². The number of amidine groups is 1. The van der Waals surface area contributed by atoms with E-state index in [0.717, 1.165) is 16.0 Å². The number of benzene rings is 3. The zero-order chi connectivity index (χ0) is 30.6. The number of fused-ring (bicyclic) bond motifs is 1. The van der Waals surface area contributed by atoms with Crippen LogP contribution in [0.5, 0.6) is 0 Å². The molecule has 0 spiro atoms. The summed E-state index contributed by atoms with van der Waals surface area (Å²) in [6, 6.07) is 18.8. The van der Waals surface area contributed by atoms with Crippen LogP contribution in [-0.4, -0.2) is 53.8 Å². The summed E-state index contributed by atoms with van der Waals surface area (Å²) in [6.07, 6.45) is -5.70. The average Bonchev–Trinajstić information content (AvgIpc) is 3.03. The highest BCUT2D eigenvalue weighted by Gasteiger charge is 2.42. The van der Waals surface area contributed by atoms with E-state index in [4.69, 9.17) is 22.7 Å². The Kier molecular flexibility index (Phi) is 8.96. The number of ether oxygens (including phenoxy) is 1. The first-order valence-corrected chi connectivity index (χ1v) is 12.9. The molecule has 0 atom stereocenters. The molecule has 0 aromatic heterocycles. The Morgan fingerprint density at radius 3 is 2.19 bits per heavy atom. The molecule has 0 aliphatic carbocycles. The molecule has 2 amide bonds. The summed E-state index contributed by atoms with van der Waals surface area (Å²) in [6.45, 7) is -0.832. The minimum atomic E-state index is -5.35. The lowest BCUT2D eigenvalue weighted by molar-refractivity contribution is -0.201. The molecule has 1 aliphatic rings. The van der Waals surface area contributed by atoms with Gasteiger partial charge in [0, 0.05) is 17.1 Å². The van der Waals surface area contributed by atoms with Gasteiger partial charge in [0.15, 0.2) is 0 Å². The van der Waals surface area contributed by atoms with Crippen LogP contribution in [0.15, 0.2) is 66.7 Å². The van der Waals surface area contributed by atoms with Crippen LogP contribution in [0.4, 0.5) is 18.9 Å². The number of carbonyl (C=O) groups is 4. The number of esters is 2. The number of nitrogens with one attached hydrogen (secondary N) is 1. The van der Waals surface area contributed by atoms with E-state index in [1.807, 2.05) is 0 Å². The highest BCUT2D eigenvalue weighted by Crippen LogP contribution is 2.30. The first kappa shape index (κ1) is 30.3. The second kappa shape index (κ2) is 12.4. The molecule has 1 heterocycles. The summed E-state index contributed by atoms with van der Waals surface area (Å²) >= 11 is 5.98. The van der Waals surface area contributed by atoms with E-state index in [1.165, 1.54) is 4.90 Å². The van der Waals surface area contributed by atoms with Crippen LogP contribution in [0, 0.1) is 5.41 Å². The molecule has 0 fully saturated rings. The summed E-state index contributed by atoms with van der Waals surface area (Å²) in [7, 11) is 0. The largest absolute Gasteiger partial charge is 0.491 e. The molecular weight excluding hydrogens is 577 g/mol. The number of nitrogens with zero attached hydrogens (tertiary/aromatic N) is 2. The third-order valence-corrected chi connectivity index (χ3v) is 6.70. The van der Waals surface area contributed by atoms with Crippen molar-refractivity contribution < 1.29 is 37.1 Å². The number of alkyl halides is 3. The molecule has 3 N–H and O–H groups in total. The lowest BCUT2D eigenvalue weighted by Gasteiger charge is -2.23. The topological polar surface area (TPSA) is 134 Å². The molecule has 42 heavy (non-hydrogen) atoms. The monoisotopic (exact) mass is 600 g/mol. The minimum absolute atomic E-state index is 0.0747. The lowest BCUT2D eigenvalue weighted by atomic mass is 9.99. The van der Waals surface area contributed by atoms with Gasteiger partial charge < -0.3 is 20.3 Å². The molecule has 218 valence electrons. The standard InChI is InChI=1S/C29H24ClF3N4O5/c30-21-8-3-18(4-9-21)15-37-23-10-5-19(13-17-1-6-20(7-2-17)26(34)35)14-22(23)27(40)36(16-24(37)38)12-11-25(39)42-28(41)29(31,32)33/h1-10,14H,11-13,15-16H2,(H3,34,35). The maximum atomic E-state index is 13.6. The lowest BCUT2D eigenvalue weighted by Crippen LogP contribution is -2.40. The quantitative estimate of drug-likeness (QED) is 0.172. The first-order valence-electron chi connectivity index (χ1n) is 12.5. The summed E-state index contributed by atoms with van der Waals surface area (Å²) in [5, 5.41) is 8.04. The normalized spacial score (nSPS) is 13.4. The van der Waals surface area contributed by atoms with Gasteiger partial charge >= 0.3 is 18.1 Å². The van der Waals surface area contributed by atoms with Crippen molar-refractivity contribution in [3.8, 4) is 0 Å². The van der Waals surface area contributed by atoms with Gasteiger partial charge in [0.05, 0.1) is 24.2 Å². The van der Waals surface area contributed by atoms with Crippen molar-refractivity contribution in [1.29, 1.82) is 5.41 Å². The second-order valence-electron chi connectivity index (χ2n) is 9.48. The number of halogens is 4. The van der Waals surface area contributed by atoms with Crippen molar-refractivity contribution in [2.24, 2.45) is 5.73 Å². The predicted molar refractivity (Wildman–Crippen MR) is 147 cm³/mol. The van der Waals surface area contributed by atoms with Crippen LogP contribution >= 0.6 is 11.6 Å². The molecule has 13 heteroatoms. The van der Waals surface area contributed by atoms with E-state index in [-0.39, 0.29) is 17.9 Å². The molecule has 0 unspecified atom stereocenters. The van der Waals surface area contributed by atoms with Crippen molar-refractivity contribution in [3.63, 3.8) is 0 Å². The fourth-order valence-electron chi connectivity index (χ4n) is 4.33. The number of rotatable bonds is 8. The number of anilines is 1. The molecular formula is C29H24ClF3N4O5. The summed E-state index contributed by atoms with van der Waals surface area (Å²) in [4.78, 5) is 52.4. The van der Waals surface area contributed by atoms with E-state index in [1.54, 1.807) is 66.7 Å². The van der Waals surface area contributed by atoms with Gasteiger partial charge in [0.25, 0.3) is 5.91 Å². The second-order valence-corrected chi connectivity index (χ2v) is 9.92. The highest BCUT2D eigenvalue weighted by atomic mass is 35.5. The Morgan fingerprint density at radius 2 is 1.57 bits per heavy atom. The summed E-state index contributed by atoms with van der Waals surface area (Å²) in [5.41, 5.74) is 8.83. The zero-order valence-electron chi connectivity index (χ0n) is 21.9. The molecule has 4 rings (SSSR count). The van der Waals surface area contributed by atoms with Crippen LogP contribution in [-0.2, 0) is 32.1 Å². The first-order chi connectivity index (χ1) is 19.8. The van der Waals surface area contributed by atoms with E-state index in [2.05, 4.69) is 4.74 Å². The van der Waals surface area contributed by atoms with E-state index in [0.29, 0.717) is 28.3 Å². The smallest absolute Gasteiger partial charge is 0.386 e. The van der Waals surface area contributed by atoms with Gasteiger partial charge in [-0.2, -0.15) is 13.2 Å². The van der Waals surface area contributed by atoms with Crippen LogP contribution in [0.2, 0.25) is 5.02 Å². The Balaban J connectivity index is 1.63. The molecule has 3 aromatic carbocycles. The summed E-state index contributed by atoms with van der Waals surface area (Å²) < 4.78 is 41.2. The number of amides is 2. The third kappa shape index (κ3) is 7.32. The fourth-order valence-corrected chi connectivity index (χ4v) is 4.45. The molecule has 3 aromatic rings. The fraction of sp³-hybridized carbons (Fsp3) is 0.207. The maximum absolute atomic E-state index is 13.6. The predicted octanol–water partition coefficient (Wildman–Crippen LogP) is 4.23. The number of hydrogen-bond donors (Lipinski definition) is 2. The molecule has 9 nitrogen and oxygen atoms in total. The third-order valence-electron chi connectivity index (χ3n) is 6.45. The van der Waals surface area contributed by atoms with Crippen molar-refractivity contribution in [1.82, 2.24) is 4.90 Å². The number of carbonyl (C=O) groups excluding carboxylic acids is 4. The molecule has 0 saturated heterocycles. The van der Waals surface area contributed by atoms with E-state index >= 15 is 0 Å². The van der Waals surface area contributed by atoms with Gasteiger partial charge in [-0.15, -0.1) is 0 Å². The van der Waals surface area contributed by atoms with Gasteiger partial charge in [-0.25, -0.2) is 4.79 Å². The molecule has 0 saturated carbocycles. The highest BCUT2D eigenvalue weighted by molar-refractivity contribution is 6.30. The number of nitrogen functional groups attached to an aromatic ring is 1. The minimum Gasteiger partial charge on any atom is -0.386 e. The van der Waals surface area contributed by atoms with Crippen LogP contribution < -0.4 is 10.6 Å². The molecule has 0 bridgehead atoms. The Bertz CT molecular complexity index is 1540. The van der Waals surface area contributed by atoms with Gasteiger partial charge in [-0.1, -0.05) is 54.1 Å². The van der Waals surface area contributed by atoms with Gasteiger partial charge in [0.1, 0.15) is 12.4 Å². The number of hydrogen-bond acceptors (Lipinski definition) is 6. The summed E-state index contributed by atoms with van der Waals surface area (Å²) in [5.74, 6) is -5.34. The molecule has 0 radical (unpaired) electrons. The van der Waals surface area contributed by atoms with Crippen LogP contribution in [0.25, 0.3) is 0 Å². The van der Waals surface area contributed by atoms with Crippen molar-refractivity contribution in [2.75, 3.05) is 18.0 Å². The van der Waals surface area contributed by atoms with Gasteiger partial charge in [0.2, 0.25) is 5.91 Å².